The summed E-state index contributed by atoms with van der Waals surface area (Å²) < 4.78 is 5.23. The summed E-state index contributed by atoms with van der Waals surface area (Å²) in [4.78, 5) is 5.58. The Hall–Kier alpha value is -13.7. The first-order valence-corrected chi connectivity index (χ1v) is 43.2. The average Bonchev–Trinajstić information content (AvgIpc) is 1.35. The molecule has 0 amide bonds. The molecule has 0 aliphatic carbocycles. The Morgan fingerprint density at radius 3 is 0.876 bits per heavy atom. The molecule has 0 saturated carbocycles. The van der Waals surface area contributed by atoms with Gasteiger partial charge in [-0.05, 0) is 243 Å². The monoisotopic (exact) mass is 1550 g/mol. The van der Waals surface area contributed by atoms with Gasteiger partial charge in [0, 0.05) is 77.9 Å². The van der Waals surface area contributed by atoms with Gasteiger partial charge in [0.2, 0.25) is 0 Å². The first-order chi connectivity index (χ1) is 58.6. The van der Waals surface area contributed by atoms with E-state index < -0.39 is 0 Å². The Morgan fingerprint density at radius 1 is 0.215 bits per heavy atom. The van der Waals surface area contributed by atoms with Crippen LogP contribution in [0.1, 0.15) is 105 Å². The summed E-state index contributed by atoms with van der Waals surface area (Å²) in [5, 5.41) is 20.8. The van der Waals surface area contributed by atoms with E-state index in [4.69, 9.17) is 0 Å². The molecule has 5 heteroatoms. The van der Waals surface area contributed by atoms with Gasteiger partial charge in [0.1, 0.15) is 0 Å². The highest BCUT2D eigenvalue weighted by Crippen LogP contribution is 2.58. The lowest BCUT2D eigenvalue weighted by molar-refractivity contribution is 0.590. The van der Waals surface area contributed by atoms with E-state index in [0.29, 0.717) is 0 Å². The van der Waals surface area contributed by atoms with Gasteiger partial charge in [-0.3, -0.25) is 0 Å². The van der Waals surface area contributed by atoms with Crippen molar-refractivity contribution in [2.45, 2.75) is 105 Å². The number of hydrogen-bond donors (Lipinski definition) is 0. The molecule has 4 heterocycles. The highest BCUT2D eigenvalue weighted by Gasteiger charge is 2.47. The van der Waals surface area contributed by atoms with Crippen molar-refractivity contribution in [1.29, 1.82) is 0 Å². The lowest BCUT2D eigenvalue weighted by atomic mass is 9.33. The van der Waals surface area contributed by atoms with Crippen LogP contribution in [0.4, 0.5) is 34.1 Å². The maximum absolute atomic E-state index is 2.80. The normalized spacial score (nSPS) is 13.4. The van der Waals surface area contributed by atoms with E-state index in [0.717, 1.165) is 90.0 Å². The Kier molecular flexibility index (Phi) is 15.0. The quantitative estimate of drug-likeness (QED) is 0.0813. The van der Waals surface area contributed by atoms with Gasteiger partial charge in [0.15, 0.2) is 0 Å². The lowest BCUT2D eigenvalue weighted by Gasteiger charge is -2.46. The van der Waals surface area contributed by atoms with Gasteiger partial charge in [0.25, 0.3) is 6.71 Å². The van der Waals surface area contributed by atoms with E-state index in [1.165, 1.54) is 158 Å². The van der Waals surface area contributed by atoms with Gasteiger partial charge in [-0.2, -0.15) is 0 Å². The van der Waals surface area contributed by atoms with Crippen molar-refractivity contribution in [2.75, 3.05) is 9.80 Å². The van der Waals surface area contributed by atoms with Gasteiger partial charge in [-0.15, -0.1) is 0 Å². The van der Waals surface area contributed by atoms with Gasteiger partial charge in [-0.25, -0.2) is 0 Å². The van der Waals surface area contributed by atoms with Gasteiger partial charge in [-0.1, -0.05) is 332 Å². The first-order valence-electron chi connectivity index (χ1n) is 43.2. The van der Waals surface area contributed by atoms with Crippen molar-refractivity contribution < 1.29 is 0 Å². The second-order valence-corrected chi connectivity index (χ2v) is 38.7. The number of hydrogen-bond acceptors (Lipinski definition) is 2. The molecular weight excluding hydrogens is 1460 g/mol. The van der Waals surface area contributed by atoms with Crippen molar-refractivity contribution in [3.63, 3.8) is 0 Å². The summed E-state index contributed by atoms with van der Waals surface area (Å²) >= 11 is 0. The highest BCUT2D eigenvalue weighted by atomic mass is 15.2. The van der Waals surface area contributed by atoms with E-state index in [1.54, 1.807) is 0 Å². The zero-order valence-corrected chi connectivity index (χ0v) is 70.6. The predicted molar refractivity (Wildman–Crippen MR) is 521 cm³/mol. The zero-order chi connectivity index (χ0) is 81.8. The van der Waals surface area contributed by atoms with E-state index in [2.05, 4.69) is 436 Å². The van der Waals surface area contributed by atoms with Crippen LogP contribution in [0.2, 0.25) is 0 Å². The van der Waals surface area contributed by atoms with Crippen LogP contribution in [0.25, 0.3) is 175 Å². The average molecular weight is 1550 g/mol. The molecule has 578 valence electrons. The summed E-state index contributed by atoms with van der Waals surface area (Å²) in [5.74, 6) is 0. The Labute approximate surface area is 707 Å². The highest BCUT2D eigenvalue weighted by molar-refractivity contribution is 7.00. The van der Waals surface area contributed by atoms with E-state index in [9.17, 15) is 0 Å². The molecule has 0 saturated heterocycles. The van der Waals surface area contributed by atoms with Crippen LogP contribution in [0, 0.1) is 0 Å². The van der Waals surface area contributed by atoms with Crippen LogP contribution in [-0.4, -0.2) is 15.8 Å². The molecule has 22 aromatic rings. The second kappa shape index (κ2) is 25.4. The fraction of sp³-hybridized carbons (Fsp3) is 0.138. The topological polar surface area (TPSA) is 16.3 Å². The summed E-state index contributed by atoms with van der Waals surface area (Å²) in [6.45, 7) is 28.3. The molecule has 0 unspecified atom stereocenters. The molecule has 121 heavy (non-hydrogen) atoms. The Balaban J connectivity index is 0.887. The number of fused-ring (bicyclic) bond motifs is 6. The molecule has 0 bridgehead atoms. The molecule has 24 rings (SSSR count). The molecule has 20 aromatic carbocycles. The largest absolute Gasteiger partial charge is 0.310 e. The van der Waals surface area contributed by atoms with E-state index in [-0.39, 0.29) is 28.4 Å². The van der Waals surface area contributed by atoms with Crippen molar-refractivity contribution in [3.05, 3.63) is 356 Å². The molecule has 2 aliphatic heterocycles. The van der Waals surface area contributed by atoms with Gasteiger partial charge >= 0.3 is 0 Å². The fourth-order valence-electron chi connectivity index (χ4n) is 21.5. The zero-order valence-electron chi connectivity index (χ0n) is 70.6. The Bertz CT molecular complexity index is 7710. The number of anilines is 6. The van der Waals surface area contributed by atoms with Gasteiger partial charge in [0.05, 0.1) is 33.4 Å². The minimum absolute atomic E-state index is 0.163. The smallest absolute Gasteiger partial charge is 0.252 e. The number of nitrogens with zero attached hydrogens (tertiary/aromatic N) is 4. The van der Waals surface area contributed by atoms with Crippen LogP contribution >= 0.6 is 0 Å². The van der Waals surface area contributed by atoms with Crippen molar-refractivity contribution in [2.24, 2.45) is 0 Å². The third-order valence-electron chi connectivity index (χ3n) is 27.4. The second-order valence-electron chi connectivity index (χ2n) is 38.7. The molecule has 2 aromatic heterocycles. The minimum Gasteiger partial charge on any atom is -0.310 e. The van der Waals surface area contributed by atoms with Gasteiger partial charge < -0.3 is 18.9 Å². The molecular formula is C116H91BN4. The lowest BCUT2D eigenvalue weighted by Crippen LogP contribution is -2.61. The van der Waals surface area contributed by atoms with Crippen molar-refractivity contribution in [1.82, 2.24) is 9.13 Å². The third kappa shape index (κ3) is 10.5. The molecule has 0 N–H and O–H groups in total. The Morgan fingerprint density at radius 2 is 0.529 bits per heavy atom. The van der Waals surface area contributed by atoms with E-state index >= 15 is 0 Å². The SMILES string of the molecule is CC(C)(C)c1cccc(-c2cc(-c3ccccc3)cc(-c3cccc(C(C)(C)C)c3)c2N2c3cc(-n4c5ccc6cccc7c8cccc9ccc4c(c98)c5c67)ccc3B3c4ccc(-n5c6ccc7cccc8c9cccc%10ccc5c(c%109)c6c78)cc4N(c4c(-c5ccccc5)cc(C(C)(C)C)cc4-c4ccccc4)c4cc(C(C)(C)C)cc2c43)c1. The molecule has 0 radical (unpaired) electrons. The van der Waals surface area contributed by atoms with Crippen LogP contribution in [-0.2, 0) is 21.7 Å². The molecule has 4 nitrogen and oxygen atoms in total. The third-order valence-corrected chi connectivity index (χ3v) is 27.4. The molecule has 0 atom stereocenters. The molecule has 0 spiro atoms. The van der Waals surface area contributed by atoms with Crippen molar-refractivity contribution in [3.8, 4) is 67.0 Å². The van der Waals surface area contributed by atoms with Crippen LogP contribution in [0.3, 0.4) is 0 Å². The number of aromatic nitrogens is 2. The number of benzene rings is 20. The molecule has 0 fully saturated rings. The summed E-state index contributed by atoms with van der Waals surface area (Å²) in [6.07, 6.45) is 0. The van der Waals surface area contributed by atoms with Crippen LogP contribution in [0.5, 0.6) is 0 Å². The maximum Gasteiger partial charge on any atom is 0.252 e. The van der Waals surface area contributed by atoms with Crippen LogP contribution < -0.4 is 26.2 Å². The standard InChI is InChI=1S/C116H91BN4/c1-113(2,3)78-40-22-38-75(58-78)88-60-77(68-28-16-13-17-29-68)61-89(76-39-23-41-79(59-76)114(4,5)6)111(88)120-98-66-82(118-94-54-46-71-34-24-42-84-85-43-25-35-72-47-55-95(118)107(103(72)85)106(94)102(71)84)50-52-92(98)117-93-53-51-83(119-96-56-48-73-36-26-44-86-87-45-27-37-74-49-57-97(119)109(105(74)87)108(96)104(73)86)67-99(93)121(101-65-81(116(10,11)12)64-100(120)110(101)117)112-90(69-30-18-14-19-31-69)62-80(115(7,8)9)63-91(112)70-32-20-15-21-33-70/h13-67H,1-12H3. The molecule has 2 aliphatic rings. The maximum atomic E-state index is 2.80. The summed E-state index contributed by atoms with van der Waals surface area (Å²) in [6, 6.07) is 130. The van der Waals surface area contributed by atoms with Crippen molar-refractivity contribution >= 4 is 165 Å². The van der Waals surface area contributed by atoms with E-state index in [1.807, 2.05) is 0 Å². The fourth-order valence-corrected chi connectivity index (χ4v) is 21.5. The summed E-state index contributed by atoms with van der Waals surface area (Å²) in [7, 11) is 0. The number of rotatable bonds is 9. The van der Waals surface area contributed by atoms with Crippen LogP contribution in [0.15, 0.2) is 334 Å². The predicted octanol–water partition coefficient (Wildman–Crippen LogP) is 30.2. The summed E-state index contributed by atoms with van der Waals surface area (Å²) in [5.41, 5.74) is 33.3. The first kappa shape index (κ1) is 71.4. The minimum atomic E-state index is -0.384.